The number of hydrogen-bond donors (Lipinski definition) is 5. The number of halogens is 4. The number of rotatable bonds is 31. The fraction of sp³-hybridized carbons (Fsp3) is 0.468. The highest BCUT2D eigenvalue weighted by atomic mass is 35.5. The van der Waals surface area contributed by atoms with E-state index in [0.29, 0.717) is 101 Å². The zero-order valence-corrected chi connectivity index (χ0v) is 65.8. The van der Waals surface area contributed by atoms with E-state index in [0.717, 1.165) is 69.2 Å². The van der Waals surface area contributed by atoms with Crippen LogP contribution in [0.25, 0.3) is 16.0 Å². The van der Waals surface area contributed by atoms with E-state index < -0.39 is 100 Å². The number of aryl methyl sites for hydroxylation is 1. The first kappa shape index (κ1) is 82.1. The van der Waals surface area contributed by atoms with E-state index in [9.17, 15) is 54.3 Å². The molecule has 0 saturated carbocycles. The number of β-amino-alcohol motifs (C(OH)–C–C–N with tert-alkyl or cyclic N) is 1. The van der Waals surface area contributed by atoms with E-state index in [1.807, 2.05) is 117 Å². The third-order valence-corrected chi connectivity index (χ3v) is 25.4. The van der Waals surface area contributed by atoms with Crippen LogP contribution in [0.2, 0.25) is 5.02 Å². The number of aromatic nitrogens is 4. The minimum Gasteiger partial charge on any atom is -0.391 e. The van der Waals surface area contributed by atoms with Crippen LogP contribution in [0.5, 0.6) is 0 Å². The number of benzene rings is 5. The Morgan fingerprint density at radius 3 is 2.23 bits per heavy atom. The van der Waals surface area contributed by atoms with Crippen molar-refractivity contribution in [2.24, 2.45) is 10.8 Å². The van der Waals surface area contributed by atoms with Gasteiger partial charge in [-0.1, -0.05) is 105 Å². The van der Waals surface area contributed by atoms with Crippen molar-refractivity contribution in [1.82, 2.24) is 50.0 Å². The first-order valence-electron chi connectivity index (χ1n) is 36.3. The average Bonchev–Trinajstić information content (AvgIpc) is 1.45. The van der Waals surface area contributed by atoms with Crippen LogP contribution in [0.15, 0.2) is 153 Å². The van der Waals surface area contributed by atoms with Gasteiger partial charge in [-0.3, -0.25) is 33.7 Å². The van der Waals surface area contributed by atoms with Crippen LogP contribution in [-0.4, -0.2) is 208 Å². The molecule has 4 amide bonds. The van der Waals surface area contributed by atoms with E-state index in [1.54, 1.807) is 29.0 Å². The van der Waals surface area contributed by atoms with E-state index in [1.165, 1.54) is 39.9 Å². The van der Waals surface area contributed by atoms with Crippen molar-refractivity contribution in [2.75, 3.05) is 108 Å². The Morgan fingerprint density at radius 2 is 1.55 bits per heavy atom. The molecular weight excluding hydrogens is 1510 g/mol. The van der Waals surface area contributed by atoms with Gasteiger partial charge in [0, 0.05) is 105 Å². The third-order valence-electron chi connectivity index (χ3n) is 20.1. The maximum absolute atomic E-state index is 14.4. The molecule has 2 aromatic heterocycles. The predicted octanol–water partition coefficient (Wildman–Crippen LogP) is 10.4. The zero-order chi connectivity index (χ0) is 77.8. The average molecular weight is 1600 g/mol. The fourth-order valence-corrected chi connectivity index (χ4v) is 18.0. The lowest BCUT2D eigenvalue weighted by Gasteiger charge is -2.40. The smallest absolute Gasteiger partial charge is 0.391 e. The molecule has 109 heavy (non-hydrogen) atoms. The Kier molecular flexibility index (Phi) is 27.2. The van der Waals surface area contributed by atoms with Gasteiger partial charge in [0.25, 0.3) is 25.8 Å². The number of morpholine rings is 1. The number of sulfonamides is 1. The second-order valence-corrected chi connectivity index (χ2v) is 35.5. The van der Waals surface area contributed by atoms with Gasteiger partial charge in [0.05, 0.1) is 78.0 Å². The molecule has 6 atom stereocenters. The molecule has 3 aliphatic heterocycles. The molecule has 0 spiro atoms. The van der Waals surface area contributed by atoms with Gasteiger partial charge in [0.15, 0.2) is 0 Å². The van der Waals surface area contributed by atoms with Gasteiger partial charge < -0.3 is 45.1 Å². The summed E-state index contributed by atoms with van der Waals surface area (Å²) in [5, 5.41) is 29.1. The van der Waals surface area contributed by atoms with Crippen LogP contribution in [0, 0.1) is 17.8 Å². The minimum atomic E-state index is -6.12. The SMILES string of the molecule is Cc1ncsc1-c1ccc([C@H](C)NC(=O)[C@@H]2C[C@@H](O)CN2C(=O)[C@@H](NC(=O)COCCOCc2cn(CC3(C)CCC(c4ccc(Cl)cc4)=C(CN4CCN(c5ccc(C(=O)NS(=O)(=O)c6ccc(NC(CCN7CCOCC7)CSc7ccccc7)c(S(=O)(=O)C(F)(F)F)c6)cc5)CC4)C3)nn2)C(C)(C)C)cc1. The summed E-state index contributed by atoms with van der Waals surface area (Å²) in [6.07, 6.45) is 3.87. The fourth-order valence-electron chi connectivity index (χ4n) is 14.1. The van der Waals surface area contributed by atoms with Gasteiger partial charge in [-0.05, 0) is 139 Å². The summed E-state index contributed by atoms with van der Waals surface area (Å²) in [4.78, 5) is 67.3. The molecule has 3 saturated heterocycles. The van der Waals surface area contributed by atoms with Crippen LogP contribution in [-0.2, 0) is 61.6 Å². The monoisotopic (exact) mass is 1600 g/mol. The van der Waals surface area contributed by atoms with Crippen LogP contribution in [0.1, 0.15) is 106 Å². The predicted molar refractivity (Wildman–Crippen MR) is 413 cm³/mol. The molecule has 5 heterocycles. The van der Waals surface area contributed by atoms with Crippen LogP contribution >= 0.6 is 34.7 Å². The van der Waals surface area contributed by atoms with Crippen molar-refractivity contribution < 1.29 is 68.5 Å². The second-order valence-electron chi connectivity index (χ2n) is 29.5. The number of thiazole rings is 1. The Balaban J connectivity index is 0.642. The Labute approximate surface area is 647 Å². The summed E-state index contributed by atoms with van der Waals surface area (Å²) >= 11 is 9.36. The first-order chi connectivity index (χ1) is 51.9. The first-order valence-corrected chi connectivity index (χ1v) is 41.5. The number of aliphatic hydroxyl groups excluding tert-OH is 1. The number of likely N-dealkylation sites (tertiary alicyclic amines) is 1. The number of amides is 4. The Morgan fingerprint density at radius 1 is 0.853 bits per heavy atom. The number of sulfone groups is 1. The molecular formula is C77H94ClF3N12O12S4. The number of alkyl halides is 3. The summed E-state index contributed by atoms with van der Waals surface area (Å²) in [6, 6.07) is 30.8. The van der Waals surface area contributed by atoms with Crippen molar-refractivity contribution in [1.29, 1.82) is 0 Å². The minimum absolute atomic E-state index is 0.0521. The number of allylic oxidation sites excluding steroid dienone is 1. The Bertz CT molecular complexity index is 4560. The van der Waals surface area contributed by atoms with Crippen molar-refractivity contribution >= 4 is 95.1 Å². The summed E-state index contributed by atoms with van der Waals surface area (Å²) in [5.74, 6) is -2.15. The normalized spacial score (nSPS) is 19.3. The standard InChI is InChI=1S/C77H94ClF3N12O12S4/c1-51(53-12-14-55(15-13-53)70-52(2)82-50-107-70)83-73(97)67-40-62(94)45-93(67)74(98)71(75(3,4)5)85-69(95)47-105-39-38-104-46-60-44-92(88-86-60)49-76(6)28-26-65(54-16-20-58(78)21-17-54)57(42-76)43-90-30-32-91(33-31-90)61-22-18-56(19-23-61)72(96)87-109(101,102)64-24-25-66(68(41-64)108(99,100)77(79,80)81)84-59(27-29-89-34-36-103-37-35-89)48-106-63-10-8-7-9-11-63/h7-25,41,44,50-51,59,62,67,71,84,94H,26-40,42-43,45-49H2,1-6H3,(H,83,97)(H,85,95)(H,87,96)/t51-,59?,62+,67-,71+,76?/m0/s1. The van der Waals surface area contributed by atoms with Crippen molar-refractivity contribution in [3.05, 3.63) is 172 Å². The van der Waals surface area contributed by atoms with E-state index in [2.05, 4.69) is 65.0 Å². The van der Waals surface area contributed by atoms with Crippen molar-refractivity contribution in [3.8, 4) is 10.4 Å². The highest BCUT2D eigenvalue weighted by Crippen LogP contribution is 2.45. The number of nitrogens with zero attached hydrogens (tertiary/aromatic N) is 8. The number of thioether (sulfide) groups is 1. The van der Waals surface area contributed by atoms with Crippen LogP contribution in [0.3, 0.4) is 0 Å². The van der Waals surface area contributed by atoms with Gasteiger partial charge in [-0.25, -0.2) is 26.5 Å². The molecule has 1 aliphatic carbocycles. The maximum Gasteiger partial charge on any atom is 0.501 e. The molecule has 5 N–H and O–H groups in total. The molecule has 11 rings (SSSR count). The molecule has 586 valence electrons. The zero-order valence-electron chi connectivity index (χ0n) is 61.8. The molecule has 2 unspecified atom stereocenters. The molecule has 32 heteroatoms. The largest absolute Gasteiger partial charge is 0.501 e. The number of carbonyl (C=O) groups excluding carboxylic acids is 4. The molecule has 3 fully saturated rings. The highest BCUT2D eigenvalue weighted by Gasteiger charge is 2.49. The van der Waals surface area contributed by atoms with Gasteiger partial charge in [0.2, 0.25) is 17.7 Å². The van der Waals surface area contributed by atoms with Crippen molar-refractivity contribution in [3.63, 3.8) is 0 Å². The van der Waals surface area contributed by atoms with E-state index in [-0.39, 0.29) is 50.4 Å². The third kappa shape index (κ3) is 21.7. The number of hydrogen-bond acceptors (Lipinski definition) is 21. The molecule has 4 aliphatic rings. The Hall–Kier alpha value is -7.82. The second kappa shape index (κ2) is 36.1. The topological polar surface area (TPSA) is 289 Å². The lowest BCUT2D eigenvalue weighted by atomic mass is 9.71. The number of carbonyl (C=O) groups is 4. The molecule has 5 aromatic carbocycles. The van der Waals surface area contributed by atoms with Crippen molar-refractivity contribution in [2.45, 2.75) is 137 Å². The van der Waals surface area contributed by atoms with E-state index >= 15 is 0 Å². The number of nitrogens with one attached hydrogen (secondary N) is 4. The van der Waals surface area contributed by atoms with Crippen LogP contribution in [0.4, 0.5) is 24.5 Å². The number of anilines is 2. The maximum atomic E-state index is 14.4. The van der Waals surface area contributed by atoms with E-state index in [4.69, 9.17) is 25.8 Å². The summed E-state index contributed by atoms with van der Waals surface area (Å²) < 4.78 is 118. The quantitative estimate of drug-likeness (QED) is 0.0199. The molecule has 24 nitrogen and oxygen atoms in total. The number of ether oxygens (including phenoxy) is 3. The summed E-state index contributed by atoms with van der Waals surface area (Å²) in [7, 11) is -11.0. The number of piperazine rings is 1. The number of aliphatic hydroxyl groups is 1. The van der Waals surface area contributed by atoms with Gasteiger partial charge >= 0.3 is 5.51 Å². The summed E-state index contributed by atoms with van der Waals surface area (Å²) in [6.45, 7) is 18.3. The molecule has 0 radical (unpaired) electrons. The lowest BCUT2D eigenvalue weighted by Crippen LogP contribution is -2.58. The highest BCUT2D eigenvalue weighted by molar-refractivity contribution is 7.99. The summed E-state index contributed by atoms with van der Waals surface area (Å²) in [5.41, 5.74) is 2.45. The van der Waals surface area contributed by atoms with Crippen LogP contribution < -0.4 is 25.6 Å². The van der Waals surface area contributed by atoms with Gasteiger partial charge in [0.1, 0.15) is 29.3 Å². The van der Waals surface area contributed by atoms with Gasteiger partial charge in [-0.15, -0.1) is 28.2 Å². The lowest BCUT2D eigenvalue weighted by molar-refractivity contribution is -0.144. The molecule has 0 bridgehead atoms. The van der Waals surface area contributed by atoms with Gasteiger partial charge in [-0.2, -0.15) is 13.2 Å². The molecule has 7 aromatic rings.